The topological polar surface area (TPSA) is 53.8 Å². The zero-order valence-corrected chi connectivity index (χ0v) is 14.7. The minimum absolute atomic E-state index is 0.594. The highest BCUT2D eigenvalue weighted by atomic mass is 127. The van der Waals surface area contributed by atoms with Crippen LogP contribution < -0.4 is 0 Å². The number of rotatable bonds is 3. The maximum Gasteiger partial charge on any atom is 0.163 e. The lowest BCUT2D eigenvalue weighted by Crippen LogP contribution is -2.07. The molecule has 0 N–H and O–H groups in total. The number of aryl methyl sites for hydroxylation is 1. The van der Waals surface area contributed by atoms with E-state index >= 15 is 0 Å². The summed E-state index contributed by atoms with van der Waals surface area (Å²) in [5.74, 6) is 1.40. The lowest BCUT2D eigenvalue weighted by atomic mass is 10.2. The molecular weight excluding hydrogens is 397 g/mol. The summed E-state index contributed by atoms with van der Waals surface area (Å²) in [5.41, 5.74) is 2.60. The minimum atomic E-state index is -1.01. The van der Waals surface area contributed by atoms with Crippen LogP contribution >= 0.6 is 22.6 Å². The highest BCUT2D eigenvalue weighted by molar-refractivity contribution is 14.1. The first-order valence-corrected chi connectivity index (χ1v) is 8.97. The monoisotopic (exact) mass is 411 g/mol. The average molecular weight is 411 g/mol. The summed E-state index contributed by atoms with van der Waals surface area (Å²) < 4.78 is 15.3. The zero-order valence-electron chi connectivity index (χ0n) is 11.7. The van der Waals surface area contributed by atoms with E-state index < -0.39 is 11.2 Å². The molecule has 1 unspecified atom stereocenters. The standard InChI is InChI=1S/C15H14IN3OS/c1-3-21(20)13-7-5-4-6-11(13)14-18-12-8-10(16)9-17-15(12)19(14)2/h4-9H,3H2,1-2H3. The van der Waals surface area contributed by atoms with Crippen molar-refractivity contribution in [3.63, 3.8) is 0 Å². The number of pyridine rings is 1. The first kappa shape index (κ1) is 14.8. The first-order valence-electron chi connectivity index (χ1n) is 6.57. The Morgan fingerprint density at radius 1 is 1.33 bits per heavy atom. The summed E-state index contributed by atoms with van der Waals surface area (Å²) in [7, 11) is 1.94. The van der Waals surface area contributed by atoms with E-state index in [9.17, 15) is 4.55 Å². The van der Waals surface area contributed by atoms with E-state index in [1.54, 1.807) is 0 Å². The van der Waals surface area contributed by atoms with Crippen LogP contribution in [0.15, 0.2) is 41.4 Å². The zero-order chi connectivity index (χ0) is 15.0. The second kappa shape index (κ2) is 5.94. The van der Waals surface area contributed by atoms with Crippen LogP contribution in [0.1, 0.15) is 6.92 Å². The number of benzene rings is 1. The van der Waals surface area contributed by atoms with Gasteiger partial charge in [0.25, 0.3) is 0 Å². The molecule has 0 fully saturated rings. The number of hydrogen-bond donors (Lipinski definition) is 0. The van der Waals surface area contributed by atoms with Crippen LogP contribution in [0.4, 0.5) is 0 Å². The molecule has 3 rings (SSSR count). The number of fused-ring (bicyclic) bond motifs is 1. The number of imidazole rings is 1. The van der Waals surface area contributed by atoms with Crippen LogP contribution in [0, 0.1) is 3.57 Å². The third-order valence-electron chi connectivity index (χ3n) is 3.31. The summed E-state index contributed by atoms with van der Waals surface area (Å²) >= 11 is 1.21. The average Bonchev–Trinajstić information content (AvgIpc) is 2.82. The molecule has 0 aliphatic rings. The van der Waals surface area contributed by atoms with Gasteiger partial charge in [-0.2, -0.15) is 0 Å². The van der Waals surface area contributed by atoms with Crippen LogP contribution in [0.25, 0.3) is 22.6 Å². The van der Waals surface area contributed by atoms with Gasteiger partial charge in [-0.15, -0.1) is 0 Å². The molecule has 2 heterocycles. The van der Waals surface area contributed by atoms with Gasteiger partial charge in [0.2, 0.25) is 0 Å². The largest absolute Gasteiger partial charge is 0.611 e. The van der Waals surface area contributed by atoms with Crippen molar-refractivity contribution in [1.82, 2.24) is 14.5 Å². The second-order valence-corrected chi connectivity index (χ2v) is 7.57. The molecule has 21 heavy (non-hydrogen) atoms. The Bertz CT molecular complexity index is 803. The van der Waals surface area contributed by atoms with E-state index in [0.717, 1.165) is 31.0 Å². The Morgan fingerprint density at radius 2 is 2.10 bits per heavy atom. The molecule has 0 amide bonds. The Balaban J connectivity index is 2.24. The summed E-state index contributed by atoms with van der Waals surface area (Å²) in [5, 5.41) is 0. The number of aromatic nitrogens is 3. The molecule has 108 valence electrons. The fourth-order valence-electron chi connectivity index (χ4n) is 2.30. The third-order valence-corrected chi connectivity index (χ3v) is 5.27. The van der Waals surface area contributed by atoms with Crippen LogP contribution in [0.5, 0.6) is 0 Å². The Hall–Kier alpha value is -1.12. The summed E-state index contributed by atoms with van der Waals surface area (Å²) in [6, 6.07) is 9.74. The van der Waals surface area contributed by atoms with Gasteiger partial charge in [-0.25, -0.2) is 9.97 Å². The molecule has 3 aromatic rings. The van der Waals surface area contributed by atoms with Gasteiger partial charge >= 0.3 is 0 Å². The summed E-state index contributed by atoms with van der Waals surface area (Å²) in [4.78, 5) is 9.95. The van der Waals surface area contributed by atoms with Gasteiger partial charge in [-0.3, -0.25) is 0 Å². The molecule has 0 aliphatic carbocycles. The molecule has 4 nitrogen and oxygen atoms in total. The maximum absolute atomic E-state index is 12.2. The molecule has 0 bridgehead atoms. The lowest BCUT2D eigenvalue weighted by molar-refractivity contribution is 0.596. The van der Waals surface area contributed by atoms with Gasteiger partial charge in [0.15, 0.2) is 10.5 Å². The molecule has 0 radical (unpaired) electrons. The Labute approximate surface area is 139 Å². The molecular formula is C15H14IN3OS. The molecule has 0 saturated carbocycles. The number of halogens is 1. The third kappa shape index (κ3) is 2.67. The molecule has 1 atom stereocenters. The SMILES string of the molecule is CC[S+]([O-])c1ccccc1-c1nc2cc(I)cnc2n1C. The molecule has 0 spiro atoms. The van der Waals surface area contributed by atoms with Crippen LogP contribution in [-0.2, 0) is 18.2 Å². The molecule has 0 aliphatic heterocycles. The minimum Gasteiger partial charge on any atom is -0.611 e. The van der Waals surface area contributed by atoms with Crippen LogP contribution in [0.2, 0.25) is 0 Å². The second-order valence-electron chi connectivity index (χ2n) is 4.62. The van der Waals surface area contributed by atoms with Crippen molar-refractivity contribution in [2.45, 2.75) is 11.8 Å². The van der Waals surface area contributed by atoms with Crippen LogP contribution in [-0.4, -0.2) is 24.8 Å². The molecule has 1 aromatic carbocycles. The smallest absolute Gasteiger partial charge is 0.163 e. The number of nitrogens with zero attached hydrogens (tertiary/aromatic N) is 3. The van der Waals surface area contributed by atoms with Gasteiger partial charge in [0, 0.05) is 16.8 Å². The predicted molar refractivity (Wildman–Crippen MR) is 93.6 cm³/mol. The number of hydrogen-bond acceptors (Lipinski definition) is 3. The van der Waals surface area contributed by atoms with Crippen molar-refractivity contribution in [3.05, 3.63) is 40.1 Å². The van der Waals surface area contributed by atoms with Crippen molar-refractivity contribution in [2.75, 3.05) is 5.75 Å². The van der Waals surface area contributed by atoms with Gasteiger partial charge in [-0.05, 0) is 58.9 Å². The first-order chi connectivity index (χ1) is 10.1. The van der Waals surface area contributed by atoms with Crippen LogP contribution in [0.3, 0.4) is 0 Å². The van der Waals surface area contributed by atoms with Crippen molar-refractivity contribution >= 4 is 44.9 Å². The van der Waals surface area contributed by atoms with Gasteiger partial charge < -0.3 is 9.12 Å². The van der Waals surface area contributed by atoms with E-state index in [1.165, 1.54) is 0 Å². The highest BCUT2D eigenvalue weighted by Crippen LogP contribution is 2.29. The van der Waals surface area contributed by atoms with Gasteiger partial charge in [0.1, 0.15) is 17.1 Å². The molecule has 6 heteroatoms. The van der Waals surface area contributed by atoms with E-state index in [0.29, 0.717) is 5.75 Å². The summed E-state index contributed by atoms with van der Waals surface area (Å²) in [6.07, 6.45) is 1.82. The Kier molecular flexibility index (Phi) is 4.19. The fourth-order valence-corrected chi connectivity index (χ4v) is 3.68. The van der Waals surface area contributed by atoms with Crippen molar-refractivity contribution in [2.24, 2.45) is 7.05 Å². The van der Waals surface area contributed by atoms with E-state index in [-0.39, 0.29) is 0 Å². The summed E-state index contributed by atoms with van der Waals surface area (Å²) in [6.45, 7) is 1.92. The van der Waals surface area contributed by atoms with Crippen molar-refractivity contribution < 1.29 is 4.55 Å². The quantitative estimate of drug-likeness (QED) is 0.491. The van der Waals surface area contributed by atoms with Gasteiger partial charge in [-0.1, -0.05) is 12.1 Å². The van der Waals surface area contributed by atoms with E-state index in [4.69, 9.17) is 0 Å². The molecule has 2 aromatic heterocycles. The fraction of sp³-hybridized carbons (Fsp3) is 0.200. The Morgan fingerprint density at radius 3 is 2.86 bits per heavy atom. The highest BCUT2D eigenvalue weighted by Gasteiger charge is 2.20. The van der Waals surface area contributed by atoms with E-state index in [1.807, 2.05) is 55.1 Å². The van der Waals surface area contributed by atoms with Crippen molar-refractivity contribution in [1.29, 1.82) is 0 Å². The van der Waals surface area contributed by atoms with E-state index in [2.05, 4.69) is 32.6 Å². The van der Waals surface area contributed by atoms with Crippen molar-refractivity contribution in [3.8, 4) is 11.4 Å². The molecule has 0 saturated heterocycles. The maximum atomic E-state index is 12.2. The lowest BCUT2D eigenvalue weighted by Gasteiger charge is -2.12. The normalized spacial score (nSPS) is 12.8. The predicted octanol–water partition coefficient (Wildman–Crippen LogP) is 3.37. The van der Waals surface area contributed by atoms with Gasteiger partial charge in [0.05, 0.1) is 5.56 Å².